The van der Waals surface area contributed by atoms with Gasteiger partial charge in [-0.3, -0.25) is 10.4 Å². The van der Waals surface area contributed by atoms with Crippen LogP contribution in [0.25, 0.3) is 0 Å². The van der Waals surface area contributed by atoms with Gasteiger partial charge >= 0.3 is 6.02 Å². The van der Waals surface area contributed by atoms with Gasteiger partial charge in [-0.2, -0.15) is 5.01 Å². The number of hydrogen-bond acceptors (Lipinski definition) is 9. The lowest BCUT2D eigenvalue weighted by Crippen LogP contribution is -2.48. The Morgan fingerprint density at radius 1 is 1.35 bits per heavy atom. The highest BCUT2D eigenvalue weighted by atomic mass is 32.2. The molecule has 0 aliphatic carbocycles. The first-order valence-corrected chi connectivity index (χ1v) is 8.03. The number of aromatic nitrogens is 1. The van der Waals surface area contributed by atoms with Gasteiger partial charge in [-0.25, -0.2) is 9.98 Å². The van der Waals surface area contributed by atoms with Crippen molar-refractivity contribution in [2.45, 2.75) is 0 Å². The predicted molar refractivity (Wildman–Crippen MR) is 79.3 cm³/mol. The summed E-state index contributed by atoms with van der Waals surface area (Å²) in [7, 11) is 0. The second-order valence-electron chi connectivity index (χ2n) is 4.07. The minimum Gasteiger partial charge on any atom is -0.461 e. The summed E-state index contributed by atoms with van der Waals surface area (Å²) < 4.78 is 5.52. The maximum atomic E-state index is 5.52. The molecule has 9 heteroatoms. The van der Waals surface area contributed by atoms with E-state index in [2.05, 4.69) is 26.6 Å². The number of hydrazine groups is 2. The van der Waals surface area contributed by atoms with Crippen molar-refractivity contribution in [2.75, 3.05) is 30.5 Å². The lowest BCUT2D eigenvalue weighted by molar-refractivity contribution is 0.244. The molecule has 4 heterocycles. The first-order chi connectivity index (χ1) is 9.93. The van der Waals surface area contributed by atoms with Gasteiger partial charge in [0.05, 0.1) is 6.54 Å². The Kier molecular flexibility index (Phi) is 3.00. The summed E-state index contributed by atoms with van der Waals surface area (Å²) in [6.45, 7) is 2.11. The lowest BCUT2D eigenvalue weighted by atomic mass is 10.5. The van der Waals surface area contributed by atoms with E-state index in [4.69, 9.17) is 4.74 Å². The van der Waals surface area contributed by atoms with Gasteiger partial charge in [0.1, 0.15) is 23.5 Å². The number of thioether (sulfide) groups is 1. The predicted octanol–water partition coefficient (Wildman–Crippen LogP) is 0.861. The van der Waals surface area contributed by atoms with Crippen LogP contribution in [0.1, 0.15) is 0 Å². The van der Waals surface area contributed by atoms with Crippen molar-refractivity contribution in [2.24, 2.45) is 9.98 Å². The summed E-state index contributed by atoms with van der Waals surface area (Å²) in [4.78, 5) is 13.2. The minimum atomic E-state index is 0.534. The van der Waals surface area contributed by atoms with E-state index in [1.165, 1.54) is 0 Å². The number of rotatable bonds is 2. The number of nitrogens with one attached hydrogen (secondary N) is 1. The molecule has 1 radical (unpaired) electrons. The number of aliphatic imine (C=N–C) groups is 2. The molecule has 103 valence electrons. The fraction of sp³-hybridized carbons (Fsp3) is 0.364. The van der Waals surface area contributed by atoms with E-state index < -0.39 is 0 Å². The van der Waals surface area contributed by atoms with Crippen molar-refractivity contribution in [3.05, 3.63) is 23.5 Å². The lowest BCUT2D eigenvalue weighted by Gasteiger charge is -2.28. The molecule has 1 aromatic rings. The van der Waals surface area contributed by atoms with Crippen molar-refractivity contribution < 1.29 is 4.74 Å². The summed E-state index contributed by atoms with van der Waals surface area (Å²) in [6.07, 6.45) is 4.91. The normalized spacial score (nSPS) is 21.5. The van der Waals surface area contributed by atoms with Gasteiger partial charge in [-0.15, -0.1) is 28.2 Å². The van der Waals surface area contributed by atoms with E-state index in [0.717, 1.165) is 28.2 Å². The molecule has 0 unspecified atom stereocenters. The molecule has 20 heavy (non-hydrogen) atoms. The van der Waals surface area contributed by atoms with E-state index >= 15 is 0 Å². The Balaban J connectivity index is 1.69. The van der Waals surface area contributed by atoms with Crippen LogP contribution in [0, 0.1) is 6.20 Å². The van der Waals surface area contributed by atoms with Crippen LogP contribution >= 0.6 is 23.1 Å². The van der Waals surface area contributed by atoms with E-state index in [9.17, 15) is 0 Å². The second-order valence-corrected chi connectivity index (χ2v) is 6.03. The fourth-order valence-corrected chi connectivity index (χ4v) is 3.49. The Labute approximate surface area is 124 Å². The van der Waals surface area contributed by atoms with E-state index in [-0.39, 0.29) is 0 Å². The van der Waals surface area contributed by atoms with Gasteiger partial charge in [0.2, 0.25) is 5.13 Å². The average molecular weight is 307 g/mol. The van der Waals surface area contributed by atoms with E-state index in [1.54, 1.807) is 34.4 Å². The van der Waals surface area contributed by atoms with Crippen molar-refractivity contribution in [1.82, 2.24) is 15.5 Å². The molecule has 3 aliphatic heterocycles. The number of ether oxygens (including phenoxy) is 1. The molecule has 0 spiro atoms. The van der Waals surface area contributed by atoms with Crippen LogP contribution in [-0.2, 0) is 4.74 Å². The van der Waals surface area contributed by atoms with Crippen LogP contribution in [0.2, 0.25) is 0 Å². The van der Waals surface area contributed by atoms with Crippen LogP contribution in [-0.4, -0.2) is 46.6 Å². The molecular formula is C11H11N6OS2. The van der Waals surface area contributed by atoms with Gasteiger partial charge in [-0.05, 0) is 0 Å². The van der Waals surface area contributed by atoms with Gasteiger partial charge in [-0.1, -0.05) is 0 Å². The SMILES string of the molecule is [C]1=C(C2=NCCS2)N(c2nccs2)N(C2=NCCO2)N1. The van der Waals surface area contributed by atoms with E-state index in [0.29, 0.717) is 19.2 Å². The van der Waals surface area contributed by atoms with Crippen LogP contribution < -0.4 is 10.4 Å². The molecule has 4 rings (SSSR count). The maximum Gasteiger partial charge on any atom is 0.327 e. The number of amidine groups is 1. The minimum absolute atomic E-state index is 0.534. The summed E-state index contributed by atoms with van der Waals surface area (Å²) in [5.41, 5.74) is 3.91. The van der Waals surface area contributed by atoms with Crippen molar-refractivity contribution in [3.63, 3.8) is 0 Å². The third-order valence-electron chi connectivity index (χ3n) is 2.83. The summed E-state index contributed by atoms with van der Waals surface area (Å²) >= 11 is 3.27. The van der Waals surface area contributed by atoms with Crippen LogP contribution in [0.4, 0.5) is 5.13 Å². The number of hydrogen-bond donors (Lipinski definition) is 1. The van der Waals surface area contributed by atoms with Gasteiger partial charge < -0.3 is 4.74 Å². The molecule has 0 fully saturated rings. The highest BCUT2D eigenvalue weighted by Gasteiger charge is 2.36. The Bertz CT molecular complexity index is 596. The van der Waals surface area contributed by atoms with Crippen molar-refractivity contribution in [1.29, 1.82) is 0 Å². The Morgan fingerprint density at radius 3 is 3.05 bits per heavy atom. The first kappa shape index (κ1) is 12.0. The summed E-state index contributed by atoms with van der Waals surface area (Å²) in [5.74, 6) is 1.00. The molecule has 3 aliphatic rings. The van der Waals surface area contributed by atoms with Gasteiger partial charge in [0, 0.05) is 23.9 Å². The first-order valence-electron chi connectivity index (χ1n) is 6.16. The third kappa shape index (κ3) is 1.93. The zero-order valence-corrected chi connectivity index (χ0v) is 12.1. The zero-order valence-electron chi connectivity index (χ0n) is 10.4. The average Bonchev–Trinajstić information content (AvgIpc) is 3.23. The van der Waals surface area contributed by atoms with E-state index in [1.807, 2.05) is 10.4 Å². The molecule has 0 bridgehead atoms. The number of anilines is 1. The molecule has 0 saturated heterocycles. The summed E-state index contributed by atoms with van der Waals surface area (Å²) in [5, 5.41) is 7.36. The molecule has 0 atom stereocenters. The number of nitrogens with zero attached hydrogens (tertiary/aromatic N) is 5. The monoisotopic (exact) mass is 307 g/mol. The Hall–Kier alpha value is -1.74. The molecule has 0 saturated carbocycles. The molecule has 1 N–H and O–H groups in total. The fourth-order valence-electron chi connectivity index (χ4n) is 2.02. The van der Waals surface area contributed by atoms with Crippen LogP contribution in [0.5, 0.6) is 0 Å². The number of thiazole rings is 1. The smallest absolute Gasteiger partial charge is 0.327 e. The topological polar surface area (TPSA) is 65.4 Å². The largest absolute Gasteiger partial charge is 0.461 e. The molecular weight excluding hydrogens is 296 g/mol. The zero-order chi connectivity index (χ0) is 13.4. The third-order valence-corrected chi connectivity index (χ3v) is 4.56. The molecule has 0 aromatic carbocycles. The van der Waals surface area contributed by atoms with Crippen LogP contribution in [0.15, 0.2) is 27.3 Å². The Morgan fingerprint density at radius 2 is 2.35 bits per heavy atom. The molecule has 1 aromatic heterocycles. The highest BCUT2D eigenvalue weighted by molar-refractivity contribution is 8.14. The van der Waals surface area contributed by atoms with Gasteiger partial charge in [0.25, 0.3) is 0 Å². The molecule has 7 nitrogen and oxygen atoms in total. The standard InChI is InChI=1S/C11H11N6OS2/c1-4-18-10(13-1)17-15-7-8(9-12-2-5-19-9)16(17)11-14-3-6-20-11/h3,6,15H,1-2,4-5H2. The van der Waals surface area contributed by atoms with Crippen molar-refractivity contribution in [3.8, 4) is 0 Å². The van der Waals surface area contributed by atoms with Gasteiger partial charge in [0.15, 0.2) is 0 Å². The molecule has 0 amide bonds. The van der Waals surface area contributed by atoms with Crippen LogP contribution in [0.3, 0.4) is 0 Å². The highest BCUT2D eigenvalue weighted by Crippen LogP contribution is 2.31. The maximum absolute atomic E-state index is 5.52. The van der Waals surface area contributed by atoms with Crippen molar-refractivity contribution >= 4 is 39.3 Å². The quantitative estimate of drug-likeness (QED) is 0.874. The summed E-state index contributed by atoms with van der Waals surface area (Å²) in [6, 6.07) is 0.534. The second kappa shape index (κ2) is 4.98.